The minimum Gasteiger partial charge on any atom is -0.348 e. The quantitative estimate of drug-likeness (QED) is 0.849. The Morgan fingerprint density at radius 3 is 2.57 bits per heavy atom. The summed E-state index contributed by atoms with van der Waals surface area (Å²) in [4.78, 5) is 18.4. The lowest BCUT2D eigenvalue weighted by Gasteiger charge is -2.20. The highest BCUT2D eigenvalue weighted by Crippen LogP contribution is 2.13. The van der Waals surface area contributed by atoms with Crippen molar-refractivity contribution in [3.63, 3.8) is 0 Å². The Balaban J connectivity index is 1.87. The predicted molar refractivity (Wildman–Crippen MR) is 87.7 cm³/mol. The van der Waals surface area contributed by atoms with E-state index in [9.17, 15) is 4.79 Å². The second kappa shape index (κ2) is 7.87. The summed E-state index contributed by atoms with van der Waals surface area (Å²) in [5, 5.41) is 6.89. The molecule has 1 heterocycles. The van der Waals surface area contributed by atoms with Gasteiger partial charge in [-0.2, -0.15) is 4.98 Å². The average molecular weight is 316 g/mol. The molecule has 0 radical (unpaired) electrons. The number of hydrogen-bond donors (Lipinski definition) is 1. The lowest BCUT2D eigenvalue weighted by atomic mass is 10.1. The van der Waals surface area contributed by atoms with Gasteiger partial charge >= 0.3 is 0 Å². The van der Waals surface area contributed by atoms with Crippen molar-refractivity contribution in [3.8, 4) is 0 Å². The van der Waals surface area contributed by atoms with Crippen LogP contribution in [0.3, 0.4) is 0 Å². The zero-order chi connectivity index (χ0) is 16.8. The van der Waals surface area contributed by atoms with Crippen LogP contribution >= 0.6 is 0 Å². The molecular formula is C17H24N4O2. The van der Waals surface area contributed by atoms with Gasteiger partial charge in [-0.1, -0.05) is 41.9 Å². The molecule has 0 spiro atoms. The van der Waals surface area contributed by atoms with Gasteiger partial charge in [-0.3, -0.25) is 9.69 Å². The van der Waals surface area contributed by atoms with Crippen LogP contribution in [0.5, 0.6) is 0 Å². The van der Waals surface area contributed by atoms with Gasteiger partial charge in [0.15, 0.2) is 5.82 Å². The fourth-order valence-electron chi connectivity index (χ4n) is 2.31. The molecule has 6 nitrogen and oxygen atoms in total. The van der Waals surface area contributed by atoms with Crippen molar-refractivity contribution in [1.29, 1.82) is 0 Å². The van der Waals surface area contributed by atoms with Gasteiger partial charge in [0.25, 0.3) is 0 Å². The van der Waals surface area contributed by atoms with Gasteiger partial charge in [0.2, 0.25) is 11.8 Å². The number of nitrogens with zero attached hydrogens (tertiary/aromatic N) is 3. The van der Waals surface area contributed by atoms with Crippen molar-refractivity contribution in [2.75, 3.05) is 13.1 Å². The summed E-state index contributed by atoms with van der Waals surface area (Å²) in [6, 6.07) is 8.17. The highest BCUT2D eigenvalue weighted by atomic mass is 16.5. The molecule has 1 atom stereocenters. The average Bonchev–Trinajstić information content (AvgIpc) is 2.92. The Labute approximate surface area is 136 Å². The van der Waals surface area contributed by atoms with Crippen molar-refractivity contribution in [1.82, 2.24) is 20.4 Å². The molecule has 0 aliphatic heterocycles. The molecule has 2 rings (SSSR count). The molecule has 124 valence electrons. The highest BCUT2D eigenvalue weighted by Gasteiger charge is 2.15. The molecule has 0 aliphatic rings. The zero-order valence-electron chi connectivity index (χ0n) is 14.2. The van der Waals surface area contributed by atoms with Gasteiger partial charge in [-0.15, -0.1) is 0 Å². The van der Waals surface area contributed by atoms with E-state index in [4.69, 9.17) is 4.52 Å². The number of aryl methyl sites for hydroxylation is 2. The normalized spacial score (nSPS) is 12.4. The van der Waals surface area contributed by atoms with Crippen molar-refractivity contribution in [2.24, 2.45) is 0 Å². The lowest BCUT2D eigenvalue weighted by molar-refractivity contribution is -0.123. The number of rotatable bonds is 7. The molecule has 0 saturated heterocycles. The maximum Gasteiger partial charge on any atom is 0.234 e. The Hall–Kier alpha value is -2.21. The summed E-state index contributed by atoms with van der Waals surface area (Å²) < 4.78 is 4.96. The van der Waals surface area contributed by atoms with E-state index in [1.807, 2.05) is 37.8 Å². The monoisotopic (exact) mass is 316 g/mol. The molecule has 0 saturated carbocycles. The molecule has 0 aliphatic carbocycles. The number of benzene rings is 1. The number of nitrogens with one attached hydrogen (secondary N) is 1. The largest absolute Gasteiger partial charge is 0.348 e. The Morgan fingerprint density at radius 2 is 2.00 bits per heavy atom. The van der Waals surface area contributed by atoms with Crippen molar-refractivity contribution in [2.45, 2.75) is 40.3 Å². The van der Waals surface area contributed by atoms with E-state index in [-0.39, 0.29) is 11.9 Å². The van der Waals surface area contributed by atoms with Crippen LogP contribution in [0.2, 0.25) is 0 Å². The maximum atomic E-state index is 12.2. The standard InChI is InChI=1S/C17H24N4O2/c1-5-21(10-16-19-14(4)23-20-16)11-17(22)18-13(3)15-8-6-12(2)7-9-15/h6-9,13H,5,10-11H2,1-4H3,(H,18,22)/t13-/m1/s1. The third-order valence-corrected chi connectivity index (χ3v) is 3.70. The second-order valence-corrected chi connectivity index (χ2v) is 5.73. The minimum absolute atomic E-state index is 0.0138. The molecule has 0 unspecified atom stereocenters. The zero-order valence-corrected chi connectivity index (χ0v) is 14.2. The number of likely N-dealkylation sites (N-methyl/N-ethyl adjacent to an activating group) is 1. The van der Waals surface area contributed by atoms with E-state index >= 15 is 0 Å². The van der Waals surface area contributed by atoms with Gasteiger partial charge in [0, 0.05) is 6.92 Å². The van der Waals surface area contributed by atoms with Gasteiger partial charge in [-0.05, 0) is 26.0 Å². The topological polar surface area (TPSA) is 71.3 Å². The first kappa shape index (κ1) is 17.1. The van der Waals surface area contributed by atoms with Crippen molar-refractivity contribution < 1.29 is 9.32 Å². The summed E-state index contributed by atoms with van der Waals surface area (Å²) in [7, 11) is 0. The van der Waals surface area contributed by atoms with Crippen LogP contribution in [0, 0.1) is 13.8 Å². The van der Waals surface area contributed by atoms with E-state index in [0.717, 1.165) is 12.1 Å². The summed E-state index contributed by atoms with van der Waals surface area (Å²) in [5.41, 5.74) is 2.31. The van der Waals surface area contributed by atoms with E-state index < -0.39 is 0 Å². The van der Waals surface area contributed by atoms with Gasteiger partial charge in [0.1, 0.15) is 0 Å². The Kier molecular flexibility index (Phi) is 5.87. The molecular weight excluding hydrogens is 292 g/mol. The maximum absolute atomic E-state index is 12.2. The van der Waals surface area contributed by atoms with E-state index in [2.05, 4.69) is 27.6 Å². The fraction of sp³-hybridized carbons (Fsp3) is 0.471. The first-order chi connectivity index (χ1) is 11.0. The van der Waals surface area contributed by atoms with E-state index in [1.54, 1.807) is 6.92 Å². The van der Waals surface area contributed by atoms with Crippen molar-refractivity contribution in [3.05, 3.63) is 47.1 Å². The molecule has 23 heavy (non-hydrogen) atoms. The molecule has 6 heteroatoms. The van der Waals surface area contributed by atoms with Crippen LogP contribution < -0.4 is 5.32 Å². The molecule has 1 aromatic carbocycles. The molecule has 0 fully saturated rings. The second-order valence-electron chi connectivity index (χ2n) is 5.73. The third-order valence-electron chi connectivity index (χ3n) is 3.70. The summed E-state index contributed by atoms with van der Waals surface area (Å²) in [5.74, 6) is 1.12. The predicted octanol–water partition coefficient (Wildman–Crippen LogP) is 2.39. The molecule has 1 aromatic heterocycles. The summed E-state index contributed by atoms with van der Waals surface area (Å²) in [6.07, 6.45) is 0. The van der Waals surface area contributed by atoms with E-state index in [1.165, 1.54) is 5.56 Å². The number of aromatic nitrogens is 2. The van der Waals surface area contributed by atoms with Crippen LogP contribution in [-0.2, 0) is 11.3 Å². The SMILES string of the molecule is CCN(CC(=O)N[C@H](C)c1ccc(C)cc1)Cc1noc(C)n1. The number of carbonyl (C=O) groups excluding carboxylic acids is 1. The highest BCUT2D eigenvalue weighted by molar-refractivity contribution is 5.78. The Morgan fingerprint density at radius 1 is 1.30 bits per heavy atom. The lowest BCUT2D eigenvalue weighted by Crippen LogP contribution is -2.38. The first-order valence-electron chi connectivity index (χ1n) is 7.85. The molecule has 1 amide bonds. The van der Waals surface area contributed by atoms with E-state index in [0.29, 0.717) is 24.8 Å². The molecule has 2 aromatic rings. The van der Waals surface area contributed by atoms with Crippen LogP contribution in [0.25, 0.3) is 0 Å². The Bertz CT molecular complexity index is 636. The molecule has 1 N–H and O–H groups in total. The van der Waals surface area contributed by atoms with Gasteiger partial charge < -0.3 is 9.84 Å². The van der Waals surface area contributed by atoms with Crippen LogP contribution in [0.15, 0.2) is 28.8 Å². The van der Waals surface area contributed by atoms with Gasteiger partial charge in [0.05, 0.1) is 19.1 Å². The third kappa shape index (κ3) is 5.17. The number of hydrogen-bond acceptors (Lipinski definition) is 5. The molecule has 0 bridgehead atoms. The summed E-state index contributed by atoms with van der Waals surface area (Å²) in [6.45, 7) is 9.33. The van der Waals surface area contributed by atoms with Crippen molar-refractivity contribution >= 4 is 5.91 Å². The van der Waals surface area contributed by atoms with Crippen LogP contribution in [0.1, 0.15) is 42.7 Å². The number of amides is 1. The fourth-order valence-corrected chi connectivity index (χ4v) is 2.31. The smallest absolute Gasteiger partial charge is 0.234 e. The van der Waals surface area contributed by atoms with Gasteiger partial charge in [-0.25, -0.2) is 0 Å². The first-order valence-corrected chi connectivity index (χ1v) is 7.85. The van der Waals surface area contributed by atoms with Crippen LogP contribution in [-0.4, -0.2) is 34.0 Å². The minimum atomic E-state index is -0.0192. The van der Waals surface area contributed by atoms with Crippen LogP contribution in [0.4, 0.5) is 0 Å². The summed E-state index contributed by atoms with van der Waals surface area (Å²) >= 11 is 0. The number of carbonyl (C=O) groups is 1.